The predicted octanol–water partition coefficient (Wildman–Crippen LogP) is 2.39. The Labute approximate surface area is 110 Å². The highest BCUT2D eigenvalue weighted by Crippen LogP contribution is 2.47. The Bertz CT molecular complexity index is 305. The van der Waals surface area contributed by atoms with Gasteiger partial charge < -0.3 is 15.0 Å². The lowest BCUT2D eigenvalue weighted by molar-refractivity contribution is 0.0522. The minimum atomic E-state index is -0.409. The van der Waals surface area contributed by atoms with Gasteiger partial charge in [0.2, 0.25) is 0 Å². The lowest BCUT2D eigenvalue weighted by atomic mass is 9.68. The normalized spacial score (nSPS) is 22.8. The molecule has 1 saturated carbocycles. The van der Waals surface area contributed by atoms with Crippen molar-refractivity contribution >= 4 is 6.09 Å². The van der Waals surface area contributed by atoms with E-state index in [1.54, 1.807) is 0 Å². The summed E-state index contributed by atoms with van der Waals surface area (Å²) in [4.78, 5) is 13.9. The second-order valence-corrected chi connectivity index (χ2v) is 6.81. The molecule has 0 atom stereocenters. The molecule has 4 heteroatoms. The van der Waals surface area contributed by atoms with Gasteiger partial charge in [-0.3, -0.25) is 0 Å². The van der Waals surface area contributed by atoms with Gasteiger partial charge >= 0.3 is 6.09 Å². The number of carbonyl (C=O) groups is 1. The summed E-state index contributed by atoms with van der Waals surface area (Å²) in [6.07, 6.45) is 5.26. The summed E-state index contributed by atoms with van der Waals surface area (Å²) in [5.74, 6) is 0. The van der Waals surface area contributed by atoms with E-state index in [0.717, 1.165) is 6.54 Å². The Morgan fingerprint density at radius 1 is 1.33 bits per heavy atom. The van der Waals surface area contributed by atoms with E-state index in [4.69, 9.17) is 4.74 Å². The summed E-state index contributed by atoms with van der Waals surface area (Å²) in [5, 5.41) is 2.83. The zero-order valence-electron chi connectivity index (χ0n) is 11.9. The minimum absolute atomic E-state index is 0.306. The summed E-state index contributed by atoms with van der Waals surface area (Å²) in [6.45, 7) is 9.69. The van der Waals surface area contributed by atoms with Crippen LogP contribution in [-0.4, -0.2) is 42.8 Å². The molecule has 4 nitrogen and oxygen atoms in total. The van der Waals surface area contributed by atoms with Gasteiger partial charge in [0, 0.05) is 19.6 Å². The van der Waals surface area contributed by atoms with Crippen molar-refractivity contribution < 1.29 is 9.53 Å². The Kier molecular flexibility index (Phi) is 3.85. The third-order valence-electron chi connectivity index (χ3n) is 4.03. The largest absolute Gasteiger partial charge is 0.444 e. The first kappa shape index (κ1) is 13.7. The van der Waals surface area contributed by atoms with Gasteiger partial charge in [-0.05, 0) is 52.0 Å². The van der Waals surface area contributed by atoms with Crippen LogP contribution in [0.5, 0.6) is 0 Å². The second kappa shape index (κ2) is 5.08. The number of nitrogens with zero attached hydrogens (tertiary/aromatic N) is 1. The number of nitrogens with one attached hydrogen (secondary N) is 1. The Balaban J connectivity index is 1.60. The van der Waals surface area contributed by atoms with E-state index in [1.165, 1.54) is 38.8 Å². The zero-order chi connectivity index (χ0) is 13.2. The molecule has 1 amide bonds. The topological polar surface area (TPSA) is 41.6 Å². The van der Waals surface area contributed by atoms with Crippen molar-refractivity contribution in [2.75, 3.05) is 26.2 Å². The highest BCUT2D eigenvalue weighted by atomic mass is 16.6. The van der Waals surface area contributed by atoms with E-state index < -0.39 is 5.60 Å². The van der Waals surface area contributed by atoms with Crippen LogP contribution in [0.4, 0.5) is 4.79 Å². The molecule has 0 bridgehead atoms. The number of rotatable bonds is 3. The fourth-order valence-corrected chi connectivity index (χ4v) is 2.93. The molecule has 2 fully saturated rings. The molecule has 1 saturated heterocycles. The summed E-state index contributed by atoms with van der Waals surface area (Å²) < 4.78 is 5.21. The Morgan fingerprint density at radius 3 is 2.56 bits per heavy atom. The van der Waals surface area contributed by atoms with Crippen LogP contribution in [0.15, 0.2) is 0 Å². The molecule has 0 aromatic carbocycles. The Morgan fingerprint density at radius 2 is 2.06 bits per heavy atom. The SMILES string of the molecule is CC(C)(C)OC(=O)NCCN1CCC2(CCC2)C1. The quantitative estimate of drug-likeness (QED) is 0.841. The number of amides is 1. The number of hydrogen-bond donors (Lipinski definition) is 1. The Hall–Kier alpha value is -0.770. The van der Waals surface area contributed by atoms with Gasteiger partial charge in [0.25, 0.3) is 0 Å². The molecule has 18 heavy (non-hydrogen) atoms. The smallest absolute Gasteiger partial charge is 0.407 e. The third kappa shape index (κ3) is 3.61. The molecule has 1 spiro atoms. The monoisotopic (exact) mass is 254 g/mol. The lowest BCUT2D eigenvalue weighted by Crippen LogP contribution is -2.39. The van der Waals surface area contributed by atoms with Gasteiger partial charge in [-0.2, -0.15) is 0 Å². The molecule has 0 radical (unpaired) electrons. The van der Waals surface area contributed by atoms with Crippen LogP contribution in [0.3, 0.4) is 0 Å². The van der Waals surface area contributed by atoms with E-state index in [2.05, 4.69) is 10.2 Å². The molecule has 104 valence electrons. The number of carbonyl (C=O) groups excluding carboxylic acids is 1. The molecule has 1 heterocycles. The van der Waals surface area contributed by atoms with Crippen molar-refractivity contribution in [2.45, 2.75) is 52.1 Å². The van der Waals surface area contributed by atoms with E-state index >= 15 is 0 Å². The third-order valence-corrected chi connectivity index (χ3v) is 4.03. The van der Waals surface area contributed by atoms with E-state index in [9.17, 15) is 4.79 Å². The van der Waals surface area contributed by atoms with Crippen LogP contribution in [0.1, 0.15) is 46.5 Å². The maximum Gasteiger partial charge on any atom is 0.407 e. The zero-order valence-corrected chi connectivity index (χ0v) is 11.9. The van der Waals surface area contributed by atoms with Gasteiger partial charge in [-0.15, -0.1) is 0 Å². The summed E-state index contributed by atoms with van der Waals surface area (Å²) in [5.41, 5.74) is 0.236. The summed E-state index contributed by atoms with van der Waals surface area (Å²) >= 11 is 0. The molecule has 1 aliphatic heterocycles. The van der Waals surface area contributed by atoms with Crippen molar-refractivity contribution in [3.8, 4) is 0 Å². The minimum Gasteiger partial charge on any atom is -0.444 e. The first-order valence-corrected chi connectivity index (χ1v) is 7.08. The molecule has 0 aromatic heterocycles. The van der Waals surface area contributed by atoms with Crippen LogP contribution in [0.2, 0.25) is 0 Å². The first-order chi connectivity index (χ1) is 8.39. The summed E-state index contributed by atoms with van der Waals surface area (Å²) in [7, 11) is 0. The van der Waals surface area contributed by atoms with E-state index in [-0.39, 0.29) is 6.09 Å². The number of hydrogen-bond acceptors (Lipinski definition) is 3. The van der Waals surface area contributed by atoms with Crippen molar-refractivity contribution in [3.05, 3.63) is 0 Å². The van der Waals surface area contributed by atoms with E-state index in [0.29, 0.717) is 12.0 Å². The molecule has 2 rings (SSSR count). The average Bonchev–Trinajstić information content (AvgIpc) is 2.58. The fourth-order valence-electron chi connectivity index (χ4n) is 2.93. The highest BCUT2D eigenvalue weighted by Gasteiger charge is 2.42. The lowest BCUT2D eigenvalue weighted by Gasteiger charge is -2.38. The molecule has 0 aromatic rings. The maximum atomic E-state index is 11.5. The van der Waals surface area contributed by atoms with Crippen molar-refractivity contribution in [1.29, 1.82) is 0 Å². The van der Waals surface area contributed by atoms with Gasteiger partial charge in [0.1, 0.15) is 5.60 Å². The van der Waals surface area contributed by atoms with Crippen molar-refractivity contribution in [1.82, 2.24) is 10.2 Å². The number of likely N-dealkylation sites (tertiary alicyclic amines) is 1. The van der Waals surface area contributed by atoms with Crippen LogP contribution in [0, 0.1) is 5.41 Å². The van der Waals surface area contributed by atoms with Crippen LogP contribution in [-0.2, 0) is 4.74 Å². The molecule has 2 aliphatic rings. The van der Waals surface area contributed by atoms with Crippen LogP contribution in [0.25, 0.3) is 0 Å². The molecular formula is C14H26N2O2. The first-order valence-electron chi connectivity index (χ1n) is 7.08. The average molecular weight is 254 g/mol. The predicted molar refractivity (Wildman–Crippen MR) is 71.6 cm³/mol. The van der Waals surface area contributed by atoms with Gasteiger partial charge in [-0.1, -0.05) is 6.42 Å². The fraction of sp³-hybridized carbons (Fsp3) is 0.929. The number of alkyl carbamates (subject to hydrolysis) is 1. The van der Waals surface area contributed by atoms with Gasteiger partial charge in [0.05, 0.1) is 0 Å². The molecule has 1 aliphatic carbocycles. The molecular weight excluding hydrogens is 228 g/mol. The van der Waals surface area contributed by atoms with Crippen molar-refractivity contribution in [3.63, 3.8) is 0 Å². The van der Waals surface area contributed by atoms with E-state index in [1.807, 2.05) is 20.8 Å². The van der Waals surface area contributed by atoms with Crippen LogP contribution >= 0.6 is 0 Å². The second-order valence-electron chi connectivity index (χ2n) is 6.81. The number of ether oxygens (including phenoxy) is 1. The van der Waals surface area contributed by atoms with Crippen LogP contribution < -0.4 is 5.32 Å². The molecule has 1 N–H and O–H groups in total. The van der Waals surface area contributed by atoms with Gasteiger partial charge in [-0.25, -0.2) is 4.79 Å². The summed E-state index contributed by atoms with van der Waals surface area (Å²) in [6, 6.07) is 0. The molecule has 0 unspecified atom stereocenters. The highest BCUT2D eigenvalue weighted by molar-refractivity contribution is 5.67. The maximum absolute atomic E-state index is 11.5. The van der Waals surface area contributed by atoms with Gasteiger partial charge in [0.15, 0.2) is 0 Å². The van der Waals surface area contributed by atoms with Crippen molar-refractivity contribution in [2.24, 2.45) is 5.41 Å². The standard InChI is InChI=1S/C14H26N2O2/c1-13(2,3)18-12(17)15-8-10-16-9-7-14(11-16)5-4-6-14/h4-11H2,1-3H3,(H,15,17).